The van der Waals surface area contributed by atoms with Crippen LogP contribution in [0.2, 0.25) is 25.7 Å². The fraction of sp³-hybridized carbons (Fsp3) is 0.588. The largest absolute Gasteiger partial charge is 0.444 e. The van der Waals surface area contributed by atoms with E-state index in [2.05, 4.69) is 50.5 Å². The average Bonchev–Trinajstić information content (AvgIpc) is 4.26. The van der Waals surface area contributed by atoms with Gasteiger partial charge in [-0.15, -0.1) is 0 Å². The van der Waals surface area contributed by atoms with Crippen LogP contribution in [0.5, 0.6) is 0 Å². The van der Waals surface area contributed by atoms with Gasteiger partial charge in [-0.05, 0) is 114 Å². The minimum absolute atomic E-state index is 0.112. The van der Waals surface area contributed by atoms with E-state index in [1.165, 1.54) is 35.4 Å². The molecular weight excluding hydrogens is 899 g/mol. The van der Waals surface area contributed by atoms with Crippen LogP contribution in [0.1, 0.15) is 80.8 Å². The molecule has 2 saturated heterocycles. The van der Waals surface area contributed by atoms with E-state index in [0.717, 1.165) is 95.2 Å². The topological polar surface area (TPSA) is 162 Å². The van der Waals surface area contributed by atoms with Gasteiger partial charge < -0.3 is 45.1 Å². The van der Waals surface area contributed by atoms with Crippen molar-refractivity contribution >= 4 is 25.8 Å². The second kappa shape index (κ2) is 23.7. The SMILES string of the molecule is CC(C)(C)OC(=O)N1CCN(c2nc(CCCN[C@@H]3C[C@H]3c3ccc(F)cc3)cn(COCC[Si](C)(C)C)c2=O)CC1.O=c1[nH]cc(CCCN[C@@H]2C[C@H]2c2ccc(F)cc2)nc1N1CCNCC1. The highest BCUT2D eigenvalue weighted by atomic mass is 28.3. The number of amides is 1. The van der Waals surface area contributed by atoms with Crippen molar-refractivity contribution in [2.75, 3.05) is 81.9 Å². The van der Waals surface area contributed by atoms with Crippen molar-refractivity contribution in [2.24, 2.45) is 0 Å². The van der Waals surface area contributed by atoms with Crippen molar-refractivity contribution in [3.05, 3.63) is 116 Å². The summed E-state index contributed by atoms with van der Waals surface area (Å²) >= 11 is 0. The number of nitrogens with one attached hydrogen (secondary N) is 4. The van der Waals surface area contributed by atoms with Gasteiger partial charge in [0.1, 0.15) is 24.0 Å². The Morgan fingerprint density at radius 1 is 0.768 bits per heavy atom. The van der Waals surface area contributed by atoms with Crippen LogP contribution in [-0.2, 0) is 29.0 Å². The molecule has 2 saturated carbocycles. The summed E-state index contributed by atoms with van der Waals surface area (Å²) in [5.41, 5.74) is 3.32. The average molecular weight is 973 g/mol. The molecule has 2 aromatic heterocycles. The number of aromatic nitrogens is 4. The van der Waals surface area contributed by atoms with Gasteiger partial charge in [-0.3, -0.25) is 14.2 Å². The maximum absolute atomic E-state index is 13.5. The molecule has 18 heteroatoms. The molecule has 4 aliphatic rings. The number of hydrogen-bond donors (Lipinski definition) is 4. The summed E-state index contributed by atoms with van der Waals surface area (Å²) in [6, 6.07) is 15.5. The van der Waals surface area contributed by atoms with Gasteiger partial charge in [-0.2, -0.15) is 0 Å². The zero-order valence-electron chi connectivity index (χ0n) is 41.5. The minimum Gasteiger partial charge on any atom is -0.444 e. The van der Waals surface area contributed by atoms with Crippen molar-refractivity contribution in [2.45, 2.75) is 121 Å². The zero-order chi connectivity index (χ0) is 49.1. The van der Waals surface area contributed by atoms with Crippen LogP contribution in [0.3, 0.4) is 0 Å². The summed E-state index contributed by atoms with van der Waals surface area (Å²) in [4.78, 5) is 56.0. The molecule has 4 N–H and O–H groups in total. The number of H-pyrrole nitrogens is 1. The number of carbonyl (C=O) groups excluding carboxylic acids is 1. The Balaban J connectivity index is 0.000000223. The molecule has 1 amide bonds. The summed E-state index contributed by atoms with van der Waals surface area (Å²) < 4.78 is 39.3. The van der Waals surface area contributed by atoms with Crippen LogP contribution in [-0.4, -0.2) is 128 Å². The molecule has 4 atom stereocenters. The lowest BCUT2D eigenvalue weighted by atomic mass is 10.1. The third-order valence-electron chi connectivity index (χ3n) is 12.9. The maximum atomic E-state index is 13.5. The van der Waals surface area contributed by atoms with Crippen molar-refractivity contribution in [1.29, 1.82) is 0 Å². The van der Waals surface area contributed by atoms with Gasteiger partial charge in [0, 0.05) is 103 Å². The number of anilines is 2. The quantitative estimate of drug-likeness (QED) is 0.0621. The number of aryl methyl sites for hydroxylation is 2. The number of nitrogens with zero attached hydrogens (tertiary/aromatic N) is 6. The molecule has 2 aliphatic carbocycles. The van der Waals surface area contributed by atoms with E-state index in [1.54, 1.807) is 15.7 Å². The number of carbonyl (C=O) groups is 1. The predicted octanol–water partition coefficient (Wildman–Crippen LogP) is 6.23. The van der Waals surface area contributed by atoms with E-state index in [4.69, 9.17) is 14.5 Å². The smallest absolute Gasteiger partial charge is 0.410 e. The predicted molar refractivity (Wildman–Crippen MR) is 270 cm³/mol. The van der Waals surface area contributed by atoms with E-state index >= 15 is 0 Å². The summed E-state index contributed by atoms with van der Waals surface area (Å²) in [6.07, 6.45) is 8.78. The van der Waals surface area contributed by atoms with Crippen molar-refractivity contribution in [3.8, 4) is 0 Å². The summed E-state index contributed by atoms with van der Waals surface area (Å²) in [5, 5.41) is 10.5. The zero-order valence-corrected chi connectivity index (χ0v) is 42.5. The summed E-state index contributed by atoms with van der Waals surface area (Å²) in [6.45, 7) is 20.4. The first-order valence-corrected chi connectivity index (χ1v) is 28.6. The number of hydrogen-bond acceptors (Lipinski definition) is 12. The van der Waals surface area contributed by atoms with Gasteiger partial charge in [-0.25, -0.2) is 23.5 Å². The number of aromatic amines is 1. The van der Waals surface area contributed by atoms with Gasteiger partial charge >= 0.3 is 6.09 Å². The van der Waals surface area contributed by atoms with Crippen molar-refractivity contribution in [3.63, 3.8) is 0 Å². The Morgan fingerprint density at radius 2 is 1.30 bits per heavy atom. The molecule has 0 unspecified atom stereocenters. The number of halogens is 2. The molecule has 0 radical (unpaired) electrons. The number of piperazine rings is 2. The van der Waals surface area contributed by atoms with Gasteiger partial charge in [0.2, 0.25) is 0 Å². The monoisotopic (exact) mass is 973 g/mol. The molecule has 4 aromatic rings. The van der Waals surface area contributed by atoms with Gasteiger partial charge in [0.25, 0.3) is 11.1 Å². The van der Waals surface area contributed by atoms with Crippen LogP contribution in [0.25, 0.3) is 0 Å². The van der Waals surface area contributed by atoms with Crippen LogP contribution in [0.15, 0.2) is 70.5 Å². The van der Waals surface area contributed by atoms with Crippen LogP contribution in [0, 0.1) is 11.6 Å². The van der Waals surface area contributed by atoms with E-state index in [1.807, 2.05) is 56.1 Å². The first-order chi connectivity index (χ1) is 33.0. The maximum Gasteiger partial charge on any atom is 0.410 e. The van der Waals surface area contributed by atoms with E-state index in [9.17, 15) is 23.2 Å². The molecule has 69 heavy (non-hydrogen) atoms. The summed E-state index contributed by atoms with van der Waals surface area (Å²) in [7, 11) is -1.24. The molecule has 2 aromatic carbocycles. The molecule has 4 heterocycles. The first kappa shape index (κ1) is 51.8. The van der Waals surface area contributed by atoms with Crippen molar-refractivity contribution in [1.82, 2.24) is 40.4 Å². The van der Waals surface area contributed by atoms with Gasteiger partial charge in [-0.1, -0.05) is 43.9 Å². The minimum atomic E-state index is -1.24. The number of rotatable bonds is 19. The first-order valence-electron chi connectivity index (χ1n) is 24.9. The highest BCUT2D eigenvalue weighted by Crippen LogP contribution is 2.41. The second-order valence-electron chi connectivity index (χ2n) is 21.0. The van der Waals surface area contributed by atoms with Crippen LogP contribution < -0.4 is 36.9 Å². The Labute approximate surface area is 406 Å². The third-order valence-corrected chi connectivity index (χ3v) is 14.6. The standard InChI is InChI=1S/C31H48FN5O4Si.C20H26FN5O/c1-31(2,3)41-30(39)36-16-14-35(15-17-36)28-29(38)37(22-40-18-19-42(4,5)6)21-25(34-28)8-7-13-33-27-20-26(27)23-9-11-24(32)12-10-23;21-15-5-3-14(4-6-15)17-12-18(17)23-7-1-2-16-13-24-20(27)19(25-16)26-10-8-22-9-11-26/h9-12,21,26-27,33H,7-8,13-20,22H2,1-6H3;3-6,13,17-18,22-23H,1-2,7-12H2,(H,24,27)/t26-,27+;17-,18+/m00/s1. The molecular formula is C51H74F2N10O5Si. The molecule has 0 bridgehead atoms. The second-order valence-corrected chi connectivity index (χ2v) is 26.7. The fourth-order valence-electron chi connectivity index (χ4n) is 8.73. The highest BCUT2D eigenvalue weighted by molar-refractivity contribution is 6.76. The number of benzene rings is 2. The van der Waals surface area contributed by atoms with Gasteiger partial charge in [0.05, 0.1) is 11.4 Å². The molecule has 4 fully saturated rings. The third kappa shape index (κ3) is 16.0. The molecule has 0 spiro atoms. The summed E-state index contributed by atoms with van der Waals surface area (Å²) in [5.74, 6) is 1.50. The molecule has 376 valence electrons. The Kier molecular flexibility index (Phi) is 17.8. The molecule has 15 nitrogen and oxygen atoms in total. The van der Waals surface area contributed by atoms with E-state index in [0.29, 0.717) is 68.3 Å². The Morgan fingerprint density at radius 3 is 1.86 bits per heavy atom. The molecule has 8 rings (SSSR count). The van der Waals surface area contributed by atoms with Gasteiger partial charge in [0.15, 0.2) is 11.6 Å². The fourth-order valence-corrected chi connectivity index (χ4v) is 9.49. The van der Waals surface area contributed by atoms with E-state index < -0.39 is 13.7 Å². The lowest BCUT2D eigenvalue weighted by molar-refractivity contribution is 0.0240. The lowest BCUT2D eigenvalue weighted by Gasteiger charge is -2.36. The lowest BCUT2D eigenvalue weighted by Crippen LogP contribution is -2.51. The number of ether oxygens (including phenoxy) is 2. The van der Waals surface area contributed by atoms with E-state index in [-0.39, 0.29) is 35.6 Å². The highest BCUT2D eigenvalue weighted by Gasteiger charge is 2.38. The Hall–Kier alpha value is -5.01. The van der Waals surface area contributed by atoms with Crippen LogP contribution in [0.4, 0.5) is 25.2 Å². The van der Waals surface area contributed by atoms with Crippen LogP contribution >= 0.6 is 0 Å². The Bertz CT molecular complexity index is 2390. The molecule has 2 aliphatic heterocycles. The normalized spacial score (nSPS) is 20.3. The van der Waals surface area contributed by atoms with Crippen molar-refractivity contribution < 1.29 is 23.0 Å².